The van der Waals surface area contributed by atoms with Crippen molar-refractivity contribution >= 4 is 28.5 Å². The maximum Gasteiger partial charge on any atom is 0.268 e. The molecule has 1 aromatic carbocycles. The van der Waals surface area contributed by atoms with E-state index < -0.39 is 5.91 Å². The van der Waals surface area contributed by atoms with E-state index in [1.807, 2.05) is 41.1 Å². The highest BCUT2D eigenvalue weighted by atomic mass is 32.1. The lowest BCUT2D eigenvalue weighted by Gasteiger charge is -2.10. The summed E-state index contributed by atoms with van der Waals surface area (Å²) in [4.78, 5) is 16.3. The molecule has 26 heavy (non-hydrogen) atoms. The summed E-state index contributed by atoms with van der Waals surface area (Å²) in [6, 6.07) is 14.0. The summed E-state index contributed by atoms with van der Waals surface area (Å²) in [5.74, 6) is -0.00168. The second kappa shape index (κ2) is 7.81. The van der Waals surface area contributed by atoms with Crippen molar-refractivity contribution in [2.24, 2.45) is 0 Å². The third kappa shape index (κ3) is 3.90. The predicted molar refractivity (Wildman–Crippen MR) is 104 cm³/mol. The molecule has 0 bridgehead atoms. The van der Waals surface area contributed by atoms with E-state index >= 15 is 0 Å². The number of carbonyl (C=O) groups excluding carboxylic acids is 1. The number of carbonyl (C=O) groups is 1. The number of amides is 1. The SMILES string of the molecule is CC(C)c1ccc(-n2cccc2/C=C(/C#N)C(=O)Nc2nccs2)cc1. The van der Waals surface area contributed by atoms with Crippen molar-refractivity contribution in [1.82, 2.24) is 9.55 Å². The van der Waals surface area contributed by atoms with Gasteiger partial charge < -0.3 is 4.57 Å². The first-order chi connectivity index (χ1) is 12.6. The lowest BCUT2D eigenvalue weighted by molar-refractivity contribution is -0.112. The van der Waals surface area contributed by atoms with Crippen LogP contribution in [0.1, 0.15) is 31.0 Å². The summed E-state index contributed by atoms with van der Waals surface area (Å²) in [6.07, 6.45) is 5.09. The quantitative estimate of drug-likeness (QED) is 0.532. The van der Waals surface area contributed by atoms with Gasteiger partial charge in [0.25, 0.3) is 5.91 Å². The molecule has 3 aromatic rings. The van der Waals surface area contributed by atoms with Crippen LogP contribution in [0.3, 0.4) is 0 Å². The zero-order valence-electron chi connectivity index (χ0n) is 14.5. The largest absolute Gasteiger partial charge is 0.317 e. The van der Waals surface area contributed by atoms with Gasteiger partial charge in [-0.25, -0.2) is 4.98 Å². The standard InChI is InChI=1S/C20H18N4OS/c1-14(2)15-5-7-17(8-6-15)24-10-3-4-18(24)12-16(13-21)19(25)23-20-22-9-11-26-20/h3-12,14H,1-2H3,(H,22,23,25)/b16-12-. The van der Waals surface area contributed by atoms with Crippen molar-refractivity contribution in [3.05, 3.63) is 71.0 Å². The van der Waals surface area contributed by atoms with E-state index in [4.69, 9.17) is 0 Å². The van der Waals surface area contributed by atoms with Gasteiger partial charge >= 0.3 is 0 Å². The van der Waals surface area contributed by atoms with Gasteiger partial charge in [-0.05, 0) is 41.8 Å². The van der Waals surface area contributed by atoms with Crippen LogP contribution in [0.2, 0.25) is 0 Å². The fourth-order valence-electron chi connectivity index (χ4n) is 2.51. The molecule has 0 saturated heterocycles. The van der Waals surface area contributed by atoms with Gasteiger partial charge in [-0.15, -0.1) is 11.3 Å². The van der Waals surface area contributed by atoms with Crippen LogP contribution in [0.5, 0.6) is 0 Å². The molecule has 2 aromatic heterocycles. The summed E-state index contributed by atoms with van der Waals surface area (Å²) in [7, 11) is 0. The molecule has 130 valence electrons. The highest BCUT2D eigenvalue weighted by Crippen LogP contribution is 2.20. The molecule has 0 aliphatic rings. The Hall–Kier alpha value is -3.17. The van der Waals surface area contributed by atoms with Crippen LogP contribution < -0.4 is 5.32 Å². The molecule has 2 heterocycles. The maximum atomic E-state index is 12.3. The Bertz CT molecular complexity index is 960. The Morgan fingerprint density at radius 2 is 2.08 bits per heavy atom. The number of hydrogen-bond donors (Lipinski definition) is 1. The van der Waals surface area contributed by atoms with Crippen molar-refractivity contribution in [3.8, 4) is 11.8 Å². The van der Waals surface area contributed by atoms with Crippen LogP contribution in [0.4, 0.5) is 5.13 Å². The average Bonchev–Trinajstić information content (AvgIpc) is 3.31. The average molecular weight is 362 g/mol. The lowest BCUT2D eigenvalue weighted by atomic mass is 10.0. The first-order valence-corrected chi connectivity index (χ1v) is 9.07. The second-order valence-electron chi connectivity index (χ2n) is 6.01. The van der Waals surface area contributed by atoms with Crippen molar-refractivity contribution in [2.45, 2.75) is 19.8 Å². The van der Waals surface area contributed by atoms with E-state index in [-0.39, 0.29) is 5.57 Å². The Kier molecular flexibility index (Phi) is 5.30. The zero-order valence-corrected chi connectivity index (χ0v) is 15.3. The number of rotatable bonds is 5. The van der Waals surface area contributed by atoms with Crippen molar-refractivity contribution in [2.75, 3.05) is 5.32 Å². The van der Waals surface area contributed by atoms with E-state index in [1.54, 1.807) is 17.7 Å². The summed E-state index contributed by atoms with van der Waals surface area (Å²) < 4.78 is 1.94. The van der Waals surface area contributed by atoms with E-state index in [0.717, 1.165) is 11.4 Å². The molecule has 1 amide bonds. The topological polar surface area (TPSA) is 70.7 Å². The van der Waals surface area contributed by atoms with Gasteiger partial charge in [-0.1, -0.05) is 26.0 Å². The van der Waals surface area contributed by atoms with Gasteiger partial charge in [0, 0.05) is 29.2 Å². The molecule has 3 rings (SSSR count). The van der Waals surface area contributed by atoms with Crippen LogP contribution in [0.15, 0.2) is 59.7 Å². The fourth-order valence-corrected chi connectivity index (χ4v) is 3.04. The molecule has 0 spiro atoms. The molecule has 0 aliphatic heterocycles. The molecule has 0 unspecified atom stereocenters. The van der Waals surface area contributed by atoms with Gasteiger partial charge in [0.05, 0.1) is 0 Å². The van der Waals surface area contributed by atoms with Crippen LogP contribution in [0, 0.1) is 11.3 Å². The minimum absolute atomic E-state index is 0.0268. The lowest BCUT2D eigenvalue weighted by Crippen LogP contribution is -2.13. The number of aromatic nitrogens is 2. The molecule has 0 radical (unpaired) electrons. The third-order valence-corrected chi connectivity index (χ3v) is 4.62. The van der Waals surface area contributed by atoms with Gasteiger partial charge in [-0.3, -0.25) is 10.1 Å². The number of anilines is 1. The van der Waals surface area contributed by atoms with E-state index in [9.17, 15) is 10.1 Å². The minimum atomic E-state index is -0.467. The van der Waals surface area contributed by atoms with E-state index in [2.05, 4.69) is 36.3 Å². The summed E-state index contributed by atoms with van der Waals surface area (Å²) in [6.45, 7) is 4.30. The summed E-state index contributed by atoms with van der Waals surface area (Å²) >= 11 is 1.31. The number of benzene rings is 1. The number of thiazole rings is 1. The first-order valence-electron chi connectivity index (χ1n) is 8.19. The summed E-state index contributed by atoms with van der Waals surface area (Å²) in [5.41, 5.74) is 3.02. The summed E-state index contributed by atoms with van der Waals surface area (Å²) in [5, 5.41) is 14.2. The van der Waals surface area contributed by atoms with Crippen molar-refractivity contribution < 1.29 is 4.79 Å². The predicted octanol–water partition coefficient (Wildman–Crippen LogP) is 4.60. The van der Waals surface area contributed by atoms with Gasteiger partial charge in [0.2, 0.25) is 0 Å². The Labute approximate surface area is 156 Å². The molecule has 0 fully saturated rings. The van der Waals surface area contributed by atoms with E-state index in [0.29, 0.717) is 11.0 Å². The molecule has 5 nitrogen and oxygen atoms in total. The molecular weight excluding hydrogens is 344 g/mol. The van der Waals surface area contributed by atoms with Crippen molar-refractivity contribution in [3.63, 3.8) is 0 Å². The monoisotopic (exact) mass is 362 g/mol. The normalized spacial score (nSPS) is 11.4. The van der Waals surface area contributed by atoms with Gasteiger partial charge in [0.1, 0.15) is 11.6 Å². The number of hydrogen-bond acceptors (Lipinski definition) is 4. The molecule has 0 atom stereocenters. The highest BCUT2D eigenvalue weighted by molar-refractivity contribution is 7.13. The Balaban J connectivity index is 1.87. The van der Waals surface area contributed by atoms with Crippen LogP contribution >= 0.6 is 11.3 Å². The van der Waals surface area contributed by atoms with Gasteiger partial charge in [-0.2, -0.15) is 5.26 Å². The number of nitrogens with one attached hydrogen (secondary N) is 1. The van der Waals surface area contributed by atoms with Crippen LogP contribution in [-0.2, 0) is 4.79 Å². The smallest absolute Gasteiger partial charge is 0.268 e. The van der Waals surface area contributed by atoms with Crippen molar-refractivity contribution in [1.29, 1.82) is 5.26 Å². The first kappa shape index (κ1) is 17.6. The number of nitrogens with zero attached hydrogens (tertiary/aromatic N) is 3. The minimum Gasteiger partial charge on any atom is -0.317 e. The Morgan fingerprint density at radius 1 is 1.31 bits per heavy atom. The second-order valence-corrected chi connectivity index (χ2v) is 6.91. The molecular formula is C20H18N4OS. The van der Waals surface area contributed by atoms with Gasteiger partial charge in [0.15, 0.2) is 5.13 Å². The van der Waals surface area contributed by atoms with Crippen LogP contribution in [-0.4, -0.2) is 15.5 Å². The van der Waals surface area contributed by atoms with E-state index in [1.165, 1.54) is 16.9 Å². The molecule has 0 aliphatic carbocycles. The van der Waals surface area contributed by atoms with Crippen LogP contribution in [0.25, 0.3) is 11.8 Å². The molecule has 1 N–H and O–H groups in total. The highest BCUT2D eigenvalue weighted by Gasteiger charge is 2.12. The number of nitriles is 1. The molecule has 0 saturated carbocycles. The fraction of sp³-hybridized carbons (Fsp3) is 0.150. The Morgan fingerprint density at radius 3 is 2.69 bits per heavy atom. The molecule has 6 heteroatoms. The third-order valence-electron chi connectivity index (χ3n) is 3.93. The zero-order chi connectivity index (χ0) is 18.5. The maximum absolute atomic E-state index is 12.3.